The van der Waals surface area contributed by atoms with Crippen molar-refractivity contribution in [3.8, 4) is 11.6 Å². The Morgan fingerprint density at radius 1 is 1.26 bits per heavy atom. The Labute approximate surface area is 163 Å². The summed E-state index contributed by atoms with van der Waals surface area (Å²) in [5.74, 6) is 1.73. The van der Waals surface area contributed by atoms with Gasteiger partial charge in [0.05, 0.1) is 12.0 Å². The van der Waals surface area contributed by atoms with Crippen LogP contribution in [0.4, 0.5) is 0 Å². The minimum Gasteiger partial charge on any atom is -0.461 e. The highest BCUT2D eigenvalue weighted by Crippen LogP contribution is 2.24. The van der Waals surface area contributed by atoms with E-state index in [2.05, 4.69) is 42.2 Å². The molecule has 1 amide bonds. The number of furan rings is 1. The van der Waals surface area contributed by atoms with Gasteiger partial charge in [0.15, 0.2) is 16.7 Å². The standard InChI is InChI=1S/C20H24N4O2S/c1-5-24-19(17-7-6-10-26-17)21-22-20(24)27-13-18(25)23(4)12-16-9-8-14(2)11-15(16)3/h6-11H,5,12-13H2,1-4H3. The van der Waals surface area contributed by atoms with Gasteiger partial charge in [-0.2, -0.15) is 0 Å². The van der Waals surface area contributed by atoms with Gasteiger partial charge in [0.25, 0.3) is 0 Å². The molecule has 0 aliphatic carbocycles. The Morgan fingerprint density at radius 2 is 2.07 bits per heavy atom. The smallest absolute Gasteiger partial charge is 0.233 e. The first-order chi connectivity index (χ1) is 13.0. The van der Waals surface area contributed by atoms with Crippen LogP contribution in [0.3, 0.4) is 0 Å². The van der Waals surface area contributed by atoms with Crippen LogP contribution >= 0.6 is 11.8 Å². The molecule has 0 saturated heterocycles. The fourth-order valence-corrected chi connectivity index (χ4v) is 3.81. The largest absolute Gasteiger partial charge is 0.461 e. The van der Waals surface area contributed by atoms with Crippen LogP contribution in [0.2, 0.25) is 0 Å². The fraction of sp³-hybridized carbons (Fsp3) is 0.350. The average Bonchev–Trinajstić information content (AvgIpc) is 3.30. The monoisotopic (exact) mass is 384 g/mol. The number of aryl methyl sites for hydroxylation is 2. The van der Waals surface area contributed by atoms with Crippen LogP contribution in [0.5, 0.6) is 0 Å². The first-order valence-corrected chi connectivity index (χ1v) is 9.88. The molecule has 0 radical (unpaired) electrons. The summed E-state index contributed by atoms with van der Waals surface area (Å²) >= 11 is 1.40. The van der Waals surface area contributed by atoms with E-state index in [1.165, 1.54) is 28.5 Å². The van der Waals surface area contributed by atoms with Crippen LogP contribution in [-0.4, -0.2) is 38.4 Å². The zero-order valence-corrected chi connectivity index (χ0v) is 16.9. The highest BCUT2D eigenvalue weighted by Gasteiger charge is 2.17. The van der Waals surface area contributed by atoms with Crippen LogP contribution in [0.15, 0.2) is 46.2 Å². The second-order valence-electron chi connectivity index (χ2n) is 6.50. The van der Waals surface area contributed by atoms with Gasteiger partial charge in [-0.1, -0.05) is 35.5 Å². The summed E-state index contributed by atoms with van der Waals surface area (Å²) < 4.78 is 7.38. The third-order valence-corrected chi connectivity index (χ3v) is 5.38. The third-order valence-electron chi connectivity index (χ3n) is 4.43. The number of carbonyl (C=O) groups excluding carboxylic acids is 1. The molecule has 3 rings (SSSR count). The second-order valence-corrected chi connectivity index (χ2v) is 7.44. The first-order valence-electron chi connectivity index (χ1n) is 8.89. The van der Waals surface area contributed by atoms with Crippen LogP contribution < -0.4 is 0 Å². The number of nitrogens with zero attached hydrogens (tertiary/aromatic N) is 4. The minimum atomic E-state index is 0.0603. The van der Waals surface area contributed by atoms with Crippen molar-refractivity contribution in [2.45, 2.75) is 39.0 Å². The summed E-state index contributed by atoms with van der Waals surface area (Å²) in [6.45, 7) is 7.48. The van der Waals surface area contributed by atoms with E-state index in [9.17, 15) is 4.79 Å². The molecule has 7 heteroatoms. The molecular weight excluding hydrogens is 360 g/mol. The highest BCUT2D eigenvalue weighted by molar-refractivity contribution is 7.99. The Bertz CT molecular complexity index is 918. The maximum Gasteiger partial charge on any atom is 0.233 e. The Kier molecular flexibility index (Phi) is 6.01. The zero-order chi connectivity index (χ0) is 19.4. The van der Waals surface area contributed by atoms with Crippen LogP contribution in [-0.2, 0) is 17.9 Å². The Morgan fingerprint density at radius 3 is 2.74 bits per heavy atom. The topological polar surface area (TPSA) is 64.2 Å². The summed E-state index contributed by atoms with van der Waals surface area (Å²) in [7, 11) is 1.83. The Balaban J connectivity index is 1.63. The molecular formula is C20H24N4O2S. The molecule has 0 N–H and O–H groups in total. The molecule has 0 atom stereocenters. The fourth-order valence-electron chi connectivity index (χ4n) is 2.87. The van der Waals surface area contributed by atoms with Crippen molar-refractivity contribution in [3.05, 3.63) is 53.3 Å². The zero-order valence-electron chi connectivity index (χ0n) is 16.1. The lowest BCUT2D eigenvalue weighted by atomic mass is 10.1. The van der Waals surface area contributed by atoms with Crippen molar-refractivity contribution < 1.29 is 9.21 Å². The third kappa shape index (κ3) is 4.42. The van der Waals surface area contributed by atoms with Crippen molar-refractivity contribution in [3.63, 3.8) is 0 Å². The number of aromatic nitrogens is 3. The molecule has 3 aromatic rings. The number of hydrogen-bond donors (Lipinski definition) is 0. The summed E-state index contributed by atoms with van der Waals surface area (Å²) in [6, 6.07) is 9.98. The van der Waals surface area contributed by atoms with E-state index >= 15 is 0 Å². The van der Waals surface area contributed by atoms with Gasteiger partial charge in [-0.3, -0.25) is 9.36 Å². The van der Waals surface area contributed by atoms with Crippen molar-refractivity contribution in [2.75, 3.05) is 12.8 Å². The van der Waals surface area contributed by atoms with Gasteiger partial charge < -0.3 is 9.32 Å². The number of amides is 1. The maximum absolute atomic E-state index is 12.6. The molecule has 0 fully saturated rings. The molecule has 2 aromatic heterocycles. The van der Waals surface area contributed by atoms with Gasteiger partial charge >= 0.3 is 0 Å². The lowest BCUT2D eigenvalue weighted by molar-refractivity contribution is -0.127. The van der Waals surface area contributed by atoms with Gasteiger partial charge in [-0.05, 0) is 44.0 Å². The molecule has 0 aliphatic rings. The lowest BCUT2D eigenvalue weighted by Gasteiger charge is -2.18. The summed E-state index contributed by atoms with van der Waals surface area (Å²) in [6.07, 6.45) is 1.61. The number of benzene rings is 1. The Hall–Kier alpha value is -2.54. The van der Waals surface area contributed by atoms with Crippen LogP contribution in [0.25, 0.3) is 11.6 Å². The normalized spacial score (nSPS) is 11.0. The molecule has 1 aromatic carbocycles. The van der Waals surface area contributed by atoms with E-state index in [1.807, 2.05) is 30.7 Å². The summed E-state index contributed by atoms with van der Waals surface area (Å²) in [5.41, 5.74) is 3.60. The van der Waals surface area contributed by atoms with E-state index < -0.39 is 0 Å². The number of thioether (sulfide) groups is 1. The molecule has 0 bridgehead atoms. The van der Waals surface area contributed by atoms with Crippen LogP contribution in [0.1, 0.15) is 23.6 Å². The quantitative estimate of drug-likeness (QED) is 0.578. The van der Waals surface area contributed by atoms with Gasteiger partial charge in [0.1, 0.15) is 0 Å². The summed E-state index contributed by atoms with van der Waals surface area (Å²) in [4.78, 5) is 14.3. The van der Waals surface area contributed by atoms with E-state index in [0.717, 1.165) is 5.16 Å². The average molecular weight is 385 g/mol. The van der Waals surface area contributed by atoms with Gasteiger partial charge in [-0.15, -0.1) is 10.2 Å². The second kappa shape index (κ2) is 8.43. The van der Waals surface area contributed by atoms with Crippen molar-refractivity contribution in [2.24, 2.45) is 0 Å². The first kappa shape index (κ1) is 19.2. The minimum absolute atomic E-state index is 0.0603. The molecule has 0 saturated carbocycles. The van der Waals surface area contributed by atoms with Gasteiger partial charge in [-0.25, -0.2) is 0 Å². The SMILES string of the molecule is CCn1c(SCC(=O)N(C)Cc2ccc(C)cc2C)nnc1-c1ccco1. The van der Waals surface area contributed by atoms with E-state index in [-0.39, 0.29) is 5.91 Å². The van der Waals surface area contributed by atoms with Crippen molar-refractivity contribution >= 4 is 17.7 Å². The van der Waals surface area contributed by atoms with Gasteiger partial charge in [0, 0.05) is 20.1 Å². The van der Waals surface area contributed by atoms with Crippen LogP contribution in [0, 0.1) is 13.8 Å². The molecule has 142 valence electrons. The molecule has 0 spiro atoms. The molecule has 0 aliphatic heterocycles. The van der Waals surface area contributed by atoms with E-state index in [1.54, 1.807) is 11.2 Å². The molecule has 0 unspecified atom stereocenters. The summed E-state index contributed by atoms with van der Waals surface area (Å²) in [5, 5.41) is 9.16. The predicted octanol–water partition coefficient (Wildman–Crippen LogP) is 3.93. The van der Waals surface area contributed by atoms with Crippen molar-refractivity contribution in [1.29, 1.82) is 0 Å². The molecule has 2 heterocycles. The molecule has 6 nitrogen and oxygen atoms in total. The van der Waals surface area contributed by atoms with E-state index in [4.69, 9.17) is 4.42 Å². The number of hydrogen-bond acceptors (Lipinski definition) is 5. The highest BCUT2D eigenvalue weighted by atomic mass is 32.2. The lowest BCUT2D eigenvalue weighted by Crippen LogP contribution is -2.28. The predicted molar refractivity (Wildman–Crippen MR) is 107 cm³/mol. The number of rotatable bonds is 7. The van der Waals surface area contributed by atoms with Gasteiger partial charge in [0.2, 0.25) is 5.91 Å². The van der Waals surface area contributed by atoms with Crippen molar-refractivity contribution in [1.82, 2.24) is 19.7 Å². The number of carbonyl (C=O) groups is 1. The van der Waals surface area contributed by atoms with E-state index in [0.29, 0.717) is 30.4 Å². The molecule has 27 heavy (non-hydrogen) atoms. The maximum atomic E-state index is 12.6.